The molecule has 0 saturated heterocycles. The fourth-order valence-electron chi connectivity index (χ4n) is 1.90. The average Bonchev–Trinajstić information content (AvgIpc) is 3.26. The molecular formula is C16H9F3N2O4S. The highest BCUT2D eigenvalue weighted by Crippen LogP contribution is 2.30. The predicted molar refractivity (Wildman–Crippen MR) is 86.8 cm³/mol. The van der Waals surface area contributed by atoms with Crippen molar-refractivity contribution in [3.63, 3.8) is 0 Å². The maximum Gasteiger partial charge on any atom is 0.331 e. The normalized spacial score (nSPS) is 11.2. The molecule has 0 aliphatic carbocycles. The molecule has 0 atom stereocenters. The zero-order valence-corrected chi connectivity index (χ0v) is 13.6. The summed E-state index contributed by atoms with van der Waals surface area (Å²) in [5, 5.41) is 2.17. The molecule has 0 unspecified atom stereocenters. The van der Waals surface area contributed by atoms with Crippen LogP contribution in [0.15, 0.2) is 35.0 Å². The fourth-order valence-corrected chi connectivity index (χ4v) is 2.81. The van der Waals surface area contributed by atoms with E-state index < -0.39 is 41.5 Å². The number of hydrogen-bond acceptors (Lipinski definition) is 6. The fraction of sp³-hybridized carbons (Fsp3) is 0.0625. The molecule has 26 heavy (non-hydrogen) atoms. The molecule has 1 N–H and O–H groups in total. The molecule has 0 aliphatic rings. The number of benzene rings is 1. The first-order valence-electron chi connectivity index (χ1n) is 7.06. The van der Waals surface area contributed by atoms with E-state index in [2.05, 4.69) is 10.3 Å². The van der Waals surface area contributed by atoms with E-state index in [0.717, 1.165) is 23.5 Å². The molecule has 10 heteroatoms. The molecule has 3 aromatic rings. The molecule has 0 bridgehead atoms. The van der Waals surface area contributed by atoms with E-state index in [4.69, 9.17) is 9.15 Å². The van der Waals surface area contributed by atoms with E-state index >= 15 is 0 Å². The standard InChI is InChI=1S/C16H9F3N2O4S/c17-9-6-10-15(14(19)13(9)18)21-16(26-10)20-11(22)7-25-12(23)4-3-8-2-1-5-24-8/h1-6H,7H2,(H,20,21,22). The van der Waals surface area contributed by atoms with Gasteiger partial charge in [0.2, 0.25) is 0 Å². The first-order valence-corrected chi connectivity index (χ1v) is 7.88. The molecular weight excluding hydrogens is 373 g/mol. The molecule has 134 valence electrons. The molecule has 0 radical (unpaired) electrons. The van der Waals surface area contributed by atoms with Gasteiger partial charge in [-0.1, -0.05) is 11.3 Å². The van der Waals surface area contributed by atoms with E-state index in [1.54, 1.807) is 12.1 Å². The molecule has 0 saturated carbocycles. The lowest BCUT2D eigenvalue weighted by atomic mass is 10.3. The Kier molecular flexibility index (Phi) is 5.03. The van der Waals surface area contributed by atoms with Gasteiger partial charge in [0.1, 0.15) is 11.3 Å². The second kappa shape index (κ2) is 7.40. The van der Waals surface area contributed by atoms with Gasteiger partial charge in [-0.25, -0.2) is 22.9 Å². The van der Waals surface area contributed by atoms with Gasteiger partial charge >= 0.3 is 5.97 Å². The highest BCUT2D eigenvalue weighted by molar-refractivity contribution is 7.22. The van der Waals surface area contributed by atoms with Gasteiger partial charge in [-0.15, -0.1) is 0 Å². The van der Waals surface area contributed by atoms with E-state index in [0.29, 0.717) is 5.76 Å². The minimum atomic E-state index is -1.64. The van der Waals surface area contributed by atoms with Crippen molar-refractivity contribution in [1.82, 2.24) is 4.98 Å². The van der Waals surface area contributed by atoms with Crippen LogP contribution in [0, 0.1) is 17.5 Å². The minimum Gasteiger partial charge on any atom is -0.465 e. The Morgan fingerprint density at radius 2 is 2.12 bits per heavy atom. The Bertz CT molecular complexity index is 999. The molecule has 2 aromatic heterocycles. The van der Waals surface area contributed by atoms with Crippen molar-refractivity contribution in [2.24, 2.45) is 0 Å². The van der Waals surface area contributed by atoms with E-state index in [1.807, 2.05) is 0 Å². The highest BCUT2D eigenvalue weighted by Gasteiger charge is 2.18. The summed E-state index contributed by atoms with van der Waals surface area (Å²) in [5.41, 5.74) is -0.400. The topological polar surface area (TPSA) is 81.4 Å². The third-order valence-electron chi connectivity index (χ3n) is 3.04. The summed E-state index contributed by atoms with van der Waals surface area (Å²) >= 11 is 0.749. The van der Waals surface area contributed by atoms with Crippen LogP contribution in [0.1, 0.15) is 5.76 Å². The van der Waals surface area contributed by atoms with Crippen LogP contribution in [0.5, 0.6) is 0 Å². The van der Waals surface area contributed by atoms with Crippen molar-refractivity contribution in [2.75, 3.05) is 11.9 Å². The number of nitrogens with one attached hydrogen (secondary N) is 1. The second-order valence-electron chi connectivity index (χ2n) is 4.86. The monoisotopic (exact) mass is 382 g/mol. The smallest absolute Gasteiger partial charge is 0.331 e. The van der Waals surface area contributed by atoms with Crippen LogP contribution in [0.3, 0.4) is 0 Å². The number of thiazole rings is 1. The molecule has 0 aliphatic heterocycles. The van der Waals surface area contributed by atoms with Gasteiger partial charge in [0, 0.05) is 6.08 Å². The van der Waals surface area contributed by atoms with Gasteiger partial charge in [-0.05, 0) is 24.3 Å². The summed E-state index contributed by atoms with van der Waals surface area (Å²) in [6, 6.07) is 4.03. The number of ether oxygens (including phenoxy) is 1. The first kappa shape index (κ1) is 17.7. The SMILES string of the molecule is O=C(COC(=O)C=Cc1ccco1)Nc1nc2c(F)c(F)c(F)cc2s1. The zero-order valence-electron chi connectivity index (χ0n) is 12.8. The Morgan fingerprint density at radius 1 is 1.31 bits per heavy atom. The number of aromatic nitrogens is 1. The lowest BCUT2D eigenvalue weighted by Crippen LogP contribution is -2.20. The van der Waals surface area contributed by atoms with Crippen LogP contribution >= 0.6 is 11.3 Å². The molecule has 1 amide bonds. The Labute approximate surface area is 147 Å². The molecule has 6 nitrogen and oxygen atoms in total. The summed E-state index contributed by atoms with van der Waals surface area (Å²) in [5.74, 6) is -5.53. The van der Waals surface area contributed by atoms with Crippen molar-refractivity contribution in [3.05, 3.63) is 53.8 Å². The lowest BCUT2D eigenvalue weighted by Gasteiger charge is -2.01. The quantitative estimate of drug-likeness (QED) is 0.415. The maximum absolute atomic E-state index is 13.6. The minimum absolute atomic E-state index is 0.0232. The lowest BCUT2D eigenvalue weighted by molar-refractivity contribution is -0.142. The van der Waals surface area contributed by atoms with Gasteiger partial charge in [0.15, 0.2) is 29.2 Å². The Morgan fingerprint density at radius 3 is 2.85 bits per heavy atom. The molecule has 0 spiro atoms. The van der Waals surface area contributed by atoms with Crippen LogP contribution in [-0.4, -0.2) is 23.5 Å². The first-order chi connectivity index (χ1) is 12.4. The van der Waals surface area contributed by atoms with Gasteiger partial charge in [-0.2, -0.15) is 0 Å². The van der Waals surface area contributed by atoms with Crippen molar-refractivity contribution in [3.8, 4) is 0 Å². The van der Waals surface area contributed by atoms with Crippen molar-refractivity contribution < 1.29 is 31.9 Å². The number of furan rings is 1. The van der Waals surface area contributed by atoms with Crippen LogP contribution in [0.2, 0.25) is 0 Å². The molecule has 1 aromatic carbocycles. The number of carbonyl (C=O) groups is 2. The maximum atomic E-state index is 13.6. The Balaban J connectivity index is 1.59. The summed E-state index contributed by atoms with van der Waals surface area (Å²) < 4.78 is 49.7. The van der Waals surface area contributed by atoms with Crippen molar-refractivity contribution in [1.29, 1.82) is 0 Å². The van der Waals surface area contributed by atoms with Crippen molar-refractivity contribution in [2.45, 2.75) is 0 Å². The van der Waals surface area contributed by atoms with Crippen molar-refractivity contribution >= 4 is 44.6 Å². The number of esters is 1. The van der Waals surface area contributed by atoms with E-state index in [9.17, 15) is 22.8 Å². The number of carbonyl (C=O) groups excluding carboxylic acids is 2. The number of amides is 1. The number of anilines is 1. The number of nitrogens with zero attached hydrogens (tertiary/aromatic N) is 1. The molecule has 0 fully saturated rings. The van der Waals surface area contributed by atoms with Crippen LogP contribution in [-0.2, 0) is 14.3 Å². The zero-order chi connectivity index (χ0) is 18.7. The van der Waals surface area contributed by atoms with Crippen LogP contribution in [0.4, 0.5) is 18.3 Å². The molecule has 2 heterocycles. The number of halogens is 3. The number of fused-ring (bicyclic) bond motifs is 1. The third kappa shape index (κ3) is 3.91. The van der Waals surface area contributed by atoms with Gasteiger partial charge < -0.3 is 9.15 Å². The van der Waals surface area contributed by atoms with E-state index in [-0.39, 0.29) is 9.83 Å². The van der Waals surface area contributed by atoms with Gasteiger partial charge in [-0.3, -0.25) is 10.1 Å². The predicted octanol–water partition coefficient (Wildman–Crippen LogP) is 3.50. The van der Waals surface area contributed by atoms with E-state index in [1.165, 1.54) is 12.3 Å². The average molecular weight is 382 g/mol. The highest BCUT2D eigenvalue weighted by atomic mass is 32.1. The molecule has 3 rings (SSSR count). The number of hydrogen-bond donors (Lipinski definition) is 1. The summed E-state index contributed by atoms with van der Waals surface area (Å²) in [7, 11) is 0. The number of rotatable bonds is 5. The Hall–Kier alpha value is -3.14. The van der Waals surface area contributed by atoms with Crippen LogP contribution in [0.25, 0.3) is 16.3 Å². The largest absolute Gasteiger partial charge is 0.465 e. The summed E-state index contributed by atoms with van der Waals surface area (Å²) in [4.78, 5) is 26.9. The second-order valence-corrected chi connectivity index (χ2v) is 5.89. The third-order valence-corrected chi connectivity index (χ3v) is 3.96. The van der Waals surface area contributed by atoms with Gasteiger partial charge in [0.05, 0.1) is 11.0 Å². The summed E-state index contributed by atoms with van der Waals surface area (Å²) in [6.07, 6.45) is 3.86. The summed E-state index contributed by atoms with van der Waals surface area (Å²) in [6.45, 7) is -0.623. The van der Waals surface area contributed by atoms with Gasteiger partial charge in [0.25, 0.3) is 5.91 Å². The van der Waals surface area contributed by atoms with Crippen LogP contribution < -0.4 is 5.32 Å².